The molecule has 1 aliphatic carbocycles. The first-order chi connectivity index (χ1) is 8.66. The minimum absolute atomic E-state index is 0.318. The SMILES string of the molecule is Cc1ccc(OCCC(N)C2CCCC2)c(C)c1. The molecule has 1 unspecified atom stereocenters. The molecule has 2 N–H and O–H groups in total. The number of rotatable bonds is 5. The van der Waals surface area contributed by atoms with Crippen LogP contribution in [0.15, 0.2) is 18.2 Å². The summed E-state index contributed by atoms with van der Waals surface area (Å²) in [5.41, 5.74) is 8.72. The second kappa shape index (κ2) is 6.24. The highest BCUT2D eigenvalue weighted by atomic mass is 16.5. The standard InChI is InChI=1S/C16H25NO/c1-12-7-8-16(13(2)11-12)18-10-9-15(17)14-5-3-4-6-14/h7-8,11,14-15H,3-6,9-10,17H2,1-2H3. The van der Waals surface area contributed by atoms with Gasteiger partial charge >= 0.3 is 0 Å². The lowest BCUT2D eigenvalue weighted by atomic mass is 9.97. The minimum atomic E-state index is 0.318. The highest BCUT2D eigenvalue weighted by Gasteiger charge is 2.21. The summed E-state index contributed by atoms with van der Waals surface area (Å²) in [6.07, 6.45) is 6.31. The molecule has 1 saturated carbocycles. The number of nitrogens with two attached hydrogens (primary N) is 1. The van der Waals surface area contributed by atoms with E-state index in [1.54, 1.807) is 0 Å². The smallest absolute Gasteiger partial charge is 0.122 e. The zero-order chi connectivity index (χ0) is 13.0. The predicted molar refractivity (Wildman–Crippen MR) is 76.0 cm³/mol. The third kappa shape index (κ3) is 3.49. The summed E-state index contributed by atoms with van der Waals surface area (Å²) in [5.74, 6) is 1.73. The lowest BCUT2D eigenvalue weighted by Gasteiger charge is -2.19. The molecule has 0 spiro atoms. The second-order valence-electron chi connectivity index (χ2n) is 5.61. The van der Waals surface area contributed by atoms with Crippen molar-refractivity contribution < 1.29 is 4.74 Å². The third-order valence-corrected chi connectivity index (χ3v) is 4.04. The zero-order valence-corrected chi connectivity index (χ0v) is 11.6. The molecule has 1 atom stereocenters. The average molecular weight is 247 g/mol. The van der Waals surface area contributed by atoms with Crippen LogP contribution in [0, 0.1) is 19.8 Å². The van der Waals surface area contributed by atoms with Crippen molar-refractivity contribution in [3.8, 4) is 5.75 Å². The molecule has 100 valence electrons. The molecule has 0 saturated heterocycles. The Labute approximate surface area is 111 Å². The van der Waals surface area contributed by atoms with Crippen molar-refractivity contribution in [2.75, 3.05) is 6.61 Å². The molecule has 2 heteroatoms. The summed E-state index contributed by atoms with van der Waals surface area (Å²) < 4.78 is 5.84. The van der Waals surface area contributed by atoms with Crippen LogP contribution in [-0.4, -0.2) is 12.6 Å². The van der Waals surface area contributed by atoms with Gasteiger partial charge in [-0.2, -0.15) is 0 Å². The molecular formula is C16H25NO. The maximum atomic E-state index is 6.23. The van der Waals surface area contributed by atoms with Crippen LogP contribution in [0.2, 0.25) is 0 Å². The molecule has 0 heterocycles. The van der Waals surface area contributed by atoms with Crippen molar-refractivity contribution in [1.82, 2.24) is 0 Å². The molecule has 1 fully saturated rings. The number of ether oxygens (including phenoxy) is 1. The first-order valence-electron chi connectivity index (χ1n) is 7.12. The quantitative estimate of drug-likeness (QED) is 0.863. The van der Waals surface area contributed by atoms with Crippen LogP contribution in [0.3, 0.4) is 0 Å². The molecule has 1 aromatic rings. The lowest BCUT2D eigenvalue weighted by Crippen LogP contribution is -2.30. The van der Waals surface area contributed by atoms with Crippen LogP contribution in [0.4, 0.5) is 0 Å². The van der Waals surface area contributed by atoms with Crippen molar-refractivity contribution in [2.45, 2.75) is 52.0 Å². The van der Waals surface area contributed by atoms with Gasteiger partial charge in [0, 0.05) is 6.04 Å². The topological polar surface area (TPSA) is 35.2 Å². The van der Waals surface area contributed by atoms with Crippen molar-refractivity contribution in [3.05, 3.63) is 29.3 Å². The maximum Gasteiger partial charge on any atom is 0.122 e. The molecule has 2 rings (SSSR count). The number of hydrogen-bond donors (Lipinski definition) is 1. The summed E-state index contributed by atoms with van der Waals surface area (Å²) in [4.78, 5) is 0. The normalized spacial score (nSPS) is 17.9. The van der Waals surface area contributed by atoms with Gasteiger partial charge < -0.3 is 10.5 Å². The molecule has 18 heavy (non-hydrogen) atoms. The van der Waals surface area contributed by atoms with Gasteiger partial charge in [-0.3, -0.25) is 0 Å². The lowest BCUT2D eigenvalue weighted by molar-refractivity contribution is 0.273. The monoisotopic (exact) mass is 247 g/mol. The van der Waals surface area contributed by atoms with Crippen molar-refractivity contribution >= 4 is 0 Å². The van der Waals surface area contributed by atoms with Gasteiger partial charge in [0.05, 0.1) is 6.61 Å². The van der Waals surface area contributed by atoms with Crippen LogP contribution < -0.4 is 10.5 Å². The van der Waals surface area contributed by atoms with Crippen LogP contribution in [0.1, 0.15) is 43.2 Å². The predicted octanol–water partition coefficient (Wildman–Crippen LogP) is 3.59. The van der Waals surface area contributed by atoms with E-state index in [4.69, 9.17) is 10.5 Å². The van der Waals surface area contributed by atoms with E-state index in [0.29, 0.717) is 6.04 Å². The van der Waals surface area contributed by atoms with E-state index < -0.39 is 0 Å². The van der Waals surface area contributed by atoms with Crippen LogP contribution >= 0.6 is 0 Å². The summed E-state index contributed by atoms with van der Waals surface area (Å²) in [7, 11) is 0. The average Bonchev–Trinajstić information content (AvgIpc) is 2.85. The third-order valence-electron chi connectivity index (χ3n) is 4.04. The van der Waals surface area contributed by atoms with Gasteiger partial charge in [0.2, 0.25) is 0 Å². The Morgan fingerprint density at radius 3 is 2.67 bits per heavy atom. The maximum absolute atomic E-state index is 6.23. The van der Waals surface area contributed by atoms with E-state index in [2.05, 4.69) is 32.0 Å². The van der Waals surface area contributed by atoms with Gasteiger partial charge in [0.15, 0.2) is 0 Å². The Bertz CT molecular complexity index is 383. The molecule has 0 radical (unpaired) electrons. The van der Waals surface area contributed by atoms with Crippen molar-refractivity contribution in [1.29, 1.82) is 0 Å². The Hall–Kier alpha value is -1.02. The highest BCUT2D eigenvalue weighted by Crippen LogP contribution is 2.28. The zero-order valence-electron chi connectivity index (χ0n) is 11.6. The molecule has 0 amide bonds. The van der Waals surface area contributed by atoms with E-state index in [9.17, 15) is 0 Å². The van der Waals surface area contributed by atoms with E-state index in [-0.39, 0.29) is 0 Å². The van der Waals surface area contributed by atoms with Gasteiger partial charge in [-0.15, -0.1) is 0 Å². The highest BCUT2D eigenvalue weighted by molar-refractivity contribution is 5.35. The molecule has 0 aliphatic heterocycles. The van der Waals surface area contributed by atoms with Gasteiger partial charge in [-0.1, -0.05) is 30.5 Å². The minimum Gasteiger partial charge on any atom is -0.493 e. The van der Waals surface area contributed by atoms with E-state index in [0.717, 1.165) is 24.7 Å². The fourth-order valence-electron chi connectivity index (χ4n) is 2.89. The number of hydrogen-bond acceptors (Lipinski definition) is 2. The van der Waals surface area contributed by atoms with Crippen LogP contribution in [0.25, 0.3) is 0 Å². The van der Waals surface area contributed by atoms with Crippen LogP contribution in [0.5, 0.6) is 5.75 Å². The van der Waals surface area contributed by atoms with Gasteiger partial charge in [0.25, 0.3) is 0 Å². The molecule has 1 aliphatic rings. The van der Waals surface area contributed by atoms with Gasteiger partial charge in [-0.25, -0.2) is 0 Å². The summed E-state index contributed by atoms with van der Waals surface area (Å²) >= 11 is 0. The Morgan fingerprint density at radius 1 is 1.28 bits per heavy atom. The first-order valence-corrected chi connectivity index (χ1v) is 7.12. The largest absolute Gasteiger partial charge is 0.493 e. The van der Waals surface area contributed by atoms with Crippen molar-refractivity contribution in [2.24, 2.45) is 11.7 Å². The van der Waals surface area contributed by atoms with Crippen molar-refractivity contribution in [3.63, 3.8) is 0 Å². The second-order valence-corrected chi connectivity index (χ2v) is 5.61. The molecule has 0 aromatic heterocycles. The molecule has 0 bridgehead atoms. The number of aryl methyl sites for hydroxylation is 2. The Morgan fingerprint density at radius 2 is 2.00 bits per heavy atom. The summed E-state index contributed by atoms with van der Waals surface area (Å²) in [5, 5.41) is 0. The van der Waals surface area contributed by atoms with Gasteiger partial charge in [-0.05, 0) is 50.7 Å². The fourth-order valence-corrected chi connectivity index (χ4v) is 2.89. The van der Waals surface area contributed by atoms with E-state index >= 15 is 0 Å². The number of benzene rings is 1. The van der Waals surface area contributed by atoms with Gasteiger partial charge in [0.1, 0.15) is 5.75 Å². The molecule has 1 aromatic carbocycles. The molecular weight excluding hydrogens is 222 g/mol. The van der Waals surface area contributed by atoms with Crippen LogP contribution in [-0.2, 0) is 0 Å². The summed E-state index contributed by atoms with van der Waals surface area (Å²) in [6.45, 7) is 4.94. The Balaban J connectivity index is 1.77. The van der Waals surface area contributed by atoms with E-state index in [1.807, 2.05) is 0 Å². The Kier molecular flexibility index (Phi) is 4.65. The van der Waals surface area contributed by atoms with E-state index in [1.165, 1.54) is 36.8 Å². The summed E-state index contributed by atoms with van der Waals surface area (Å²) in [6, 6.07) is 6.63. The first kappa shape index (κ1) is 13.4. The fraction of sp³-hybridized carbons (Fsp3) is 0.625. The molecule has 2 nitrogen and oxygen atoms in total.